The Labute approximate surface area is 151 Å². The summed E-state index contributed by atoms with van der Waals surface area (Å²) in [5.74, 6) is 2.36. The molecule has 2 aliphatic carbocycles. The molecule has 0 radical (unpaired) electrons. The highest BCUT2D eigenvalue weighted by molar-refractivity contribution is 9.10. The highest BCUT2D eigenvalue weighted by atomic mass is 79.9. The third-order valence-electron chi connectivity index (χ3n) is 5.50. The first-order chi connectivity index (χ1) is 11.5. The lowest BCUT2D eigenvalue weighted by atomic mass is 9.65. The van der Waals surface area contributed by atoms with Gasteiger partial charge < -0.3 is 20.5 Å². The third kappa shape index (κ3) is 3.40. The summed E-state index contributed by atoms with van der Waals surface area (Å²) < 4.78 is 11.4. The molecular formula is C18H25BrN2O3. The molecule has 132 valence electrons. The second-order valence-electron chi connectivity index (χ2n) is 6.88. The standard InChI is InChI=1S/C18H25BrN2O3/c1-23-14-8-13(9-15(24-2)16(14)19)21-18(22)12-6-10-4-3-5-11(7-12)17(10)20/h8-12,17H,3-7,20H2,1-2H3,(H,21,22). The summed E-state index contributed by atoms with van der Waals surface area (Å²) >= 11 is 3.44. The number of methoxy groups -OCH3 is 2. The van der Waals surface area contributed by atoms with Crippen LogP contribution in [0, 0.1) is 17.8 Å². The molecule has 2 atom stereocenters. The van der Waals surface area contributed by atoms with Crippen LogP contribution in [0.15, 0.2) is 16.6 Å². The number of nitrogens with one attached hydrogen (secondary N) is 1. The van der Waals surface area contributed by atoms with Crippen LogP contribution in [0.4, 0.5) is 5.69 Å². The molecule has 1 amide bonds. The molecule has 2 saturated carbocycles. The second-order valence-corrected chi connectivity index (χ2v) is 7.67. The predicted molar refractivity (Wildman–Crippen MR) is 97.4 cm³/mol. The van der Waals surface area contributed by atoms with Gasteiger partial charge in [-0.1, -0.05) is 6.42 Å². The van der Waals surface area contributed by atoms with Crippen LogP contribution in [-0.2, 0) is 4.79 Å². The van der Waals surface area contributed by atoms with Gasteiger partial charge in [0.1, 0.15) is 16.0 Å². The SMILES string of the molecule is COc1cc(NC(=O)C2CC3CCCC(C2)C3N)cc(OC)c1Br. The first kappa shape index (κ1) is 17.5. The lowest BCUT2D eigenvalue weighted by molar-refractivity contribution is -0.122. The average molecular weight is 397 g/mol. The van der Waals surface area contributed by atoms with Crippen LogP contribution in [0.5, 0.6) is 11.5 Å². The van der Waals surface area contributed by atoms with Crippen molar-refractivity contribution in [3.05, 3.63) is 16.6 Å². The molecule has 0 heterocycles. The van der Waals surface area contributed by atoms with Crippen molar-refractivity contribution in [2.75, 3.05) is 19.5 Å². The molecule has 2 unspecified atom stereocenters. The van der Waals surface area contributed by atoms with Crippen molar-refractivity contribution in [1.82, 2.24) is 0 Å². The monoisotopic (exact) mass is 396 g/mol. The van der Waals surface area contributed by atoms with Crippen LogP contribution >= 0.6 is 15.9 Å². The van der Waals surface area contributed by atoms with Gasteiger partial charge in [-0.05, 0) is 53.4 Å². The van der Waals surface area contributed by atoms with Crippen molar-refractivity contribution in [2.24, 2.45) is 23.5 Å². The first-order valence-corrected chi connectivity index (χ1v) is 9.30. The van der Waals surface area contributed by atoms with Gasteiger partial charge in [-0.2, -0.15) is 0 Å². The molecule has 1 aromatic rings. The number of carbonyl (C=O) groups is 1. The van der Waals surface area contributed by atoms with Crippen molar-refractivity contribution in [3.8, 4) is 11.5 Å². The quantitative estimate of drug-likeness (QED) is 0.815. The Kier molecular flexibility index (Phi) is 5.35. The van der Waals surface area contributed by atoms with Gasteiger partial charge in [0.15, 0.2) is 0 Å². The molecule has 0 aliphatic heterocycles. The summed E-state index contributed by atoms with van der Waals surface area (Å²) in [6, 6.07) is 3.88. The summed E-state index contributed by atoms with van der Waals surface area (Å²) in [5, 5.41) is 3.03. The number of benzene rings is 1. The number of rotatable bonds is 4. The lowest BCUT2D eigenvalue weighted by Gasteiger charge is -2.43. The molecule has 5 nitrogen and oxygen atoms in total. The van der Waals surface area contributed by atoms with Crippen molar-refractivity contribution in [3.63, 3.8) is 0 Å². The van der Waals surface area contributed by atoms with Gasteiger partial charge in [-0.3, -0.25) is 4.79 Å². The van der Waals surface area contributed by atoms with Gasteiger partial charge in [0, 0.05) is 29.8 Å². The van der Waals surface area contributed by atoms with E-state index in [1.807, 2.05) is 0 Å². The van der Waals surface area contributed by atoms with E-state index in [1.54, 1.807) is 26.4 Å². The number of ether oxygens (including phenoxy) is 2. The number of carbonyl (C=O) groups excluding carboxylic acids is 1. The topological polar surface area (TPSA) is 73.6 Å². The Bertz CT molecular complexity index is 583. The summed E-state index contributed by atoms with van der Waals surface area (Å²) in [6.07, 6.45) is 5.35. The van der Waals surface area contributed by atoms with Crippen molar-refractivity contribution >= 4 is 27.5 Å². The maximum absolute atomic E-state index is 12.7. The van der Waals surface area contributed by atoms with Crippen molar-refractivity contribution in [1.29, 1.82) is 0 Å². The minimum Gasteiger partial charge on any atom is -0.495 e. The maximum Gasteiger partial charge on any atom is 0.227 e. The van der Waals surface area contributed by atoms with Gasteiger partial charge >= 0.3 is 0 Å². The summed E-state index contributed by atoms with van der Waals surface area (Å²) in [6.45, 7) is 0. The number of amides is 1. The van der Waals surface area contributed by atoms with Gasteiger partial charge in [0.05, 0.1) is 14.2 Å². The van der Waals surface area contributed by atoms with Crippen molar-refractivity contribution < 1.29 is 14.3 Å². The summed E-state index contributed by atoms with van der Waals surface area (Å²) in [4.78, 5) is 12.7. The van der Waals surface area contributed by atoms with E-state index in [0.717, 1.165) is 30.2 Å². The van der Waals surface area contributed by atoms with E-state index in [2.05, 4.69) is 21.2 Å². The van der Waals surface area contributed by atoms with Crippen LogP contribution in [-0.4, -0.2) is 26.2 Å². The molecule has 2 fully saturated rings. The first-order valence-electron chi connectivity index (χ1n) is 8.51. The molecule has 2 bridgehead atoms. The number of fused-ring (bicyclic) bond motifs is 2. The fourth-order valence-corrected chi connectivity index (χ4v) is 4.74. The number of hydrogen-bond donors (Lipinski definition) is 2. The Hall–Kier alpha value is -1.27. The summed E-state index contributed by atoms with van der Waals surface area (Å²) in [5.41, 5.74) is 7.01. The van der Waals surface area contributed by atoms with E-state index < -0.39 is 0 Å². The number of halogens is 1. The molecule has 3 rings (SSSR count). The molecular weight excluding hydrogens is 372 g/mol. The number of nitrogens with two attached hydrogens (primary N) is 1. The Morgan fingerprint density at radius 1 is 1.17 bits per heavy atom. The van der Waals surface area contributed by atoms with E-state index in [4.69, 9.17) is 15.2 Å². The molecule has 3 N–H and O–H groups in total. The van der Waals surface area contributed by atoms with E-state index in [-0.39, 0.29) is 17.9 Å². The van der Waals surface area contributed by atoms with Gasteiger partial charge in [-0.25, -0.2) is 0 Å². The van der Waals surface area contributed by atoms with E-state index in [9.17, 15) is 4.79 Å². The van der Waals surface area contributed by atoms with Crippen LogP contribution < -0.4 is 20.5 Å². The number of anilines is 1. The van der Waals surface area contributed by atoms with E-state index >= 15 is 0 Å². The fourth-order valence-electron chi connectivity index (χ4n) is 4.19. The second kappa shape index (κ2) is 7.31. The molecule has 1 aromatic carbocycles. The zero-order valence-electron chi connectivity index (χ0n) is 14.2. The van der Waals surface area contributed by atoms with Crippen LogP contribution in [0.25, 0.3) is 0 Å². The zero-order valence-corrected chi connectivity index (χ0v) is 15.8. The zero-order chi connectivity index (χ0) is 17.3. The third-order valence-corrected chi connectivity index (χ3v) is 6.28. The Morgan fingerprint density at radius 2 is 1.71 bits per heavy atom. The highest BCUT2D eigenvalue weighted by Gasteiger charge is 2.40. The highest BCUT2D eigenvalue weighted by Crippen LogP contribution is 2.43. The van der Waals surface area contributed by atoms with Gasteiger partial charge in [-0.15, -0.1) is 0 Å². The maximum atomic E-state index is 12.7. The smallest absolute Gasteiger partial charge is 0.227 e. The summed E-state index contributed by atoms with van der Waals surface area (Å²) in [7, 11) is 3.18. The van der Waals surface area contributed by atoms with E-state index in [0.29, 0.717) is 29.0 Å². The molecule has 24 heavy (non-hydrogen) atoms. The molecule has 6 heteroatoms. The molecule has 0 saturated heterocycles. The average Bonchev–Trinajstić information content (AvgIpc) is 2.55. The van der Waals surface area contributed by atoms with Gasteiger partial charge in [0.2, 0.25) is 5.91 Å². The minimum absolute atomic E-state index is 0.0423. The molecule has 0 spiro atoms. The molecule has 0 aromatic heterocycles. The Morgan fingerprint density at radius 3 is 2.21 bits per heavy atom. The van der Waals surface area contributed by atoms with Crippen LogP contribution in [0.3, 0.4) is 0 Å². The van der Waals surface area contributed by atoms with Crippen molar-refractivity contribution in [2.45, 2.75) is 38.1 Å². The Balaban J connectivity index is 1.73. The lowest BCUT2D eigenvalue weighted by Crippen LogP contribution is -2.48. The predicted octanol–water partition coefficient (Wildman–Crippen LogP) is 3.56. The largest absolute Gasteiger partial charge is 0.495 e. The van der Waals surface area contributed by atoms with Crippen LogP contribution in [0.2, 0.25) is 0 Å². The van der Waals surface area contributed by atoms with Gasteiger partial charge in [0.25, 0.3) is 0 Å². The van der Waals surface area contributed by atoms with Crippen LogP contribution in [0.1, 0.15) is 32.1 Å². The fraction of sp³-hybridized carbons (Fsp3) is 0.611. The number of hydrogen-bond acceptors (Lipinski definition) is 4. The molecule has 2 aliphatic rings. The normalized spacial score (nSPS) is 29.0. The minimum atomic E-state index is 0.0423. The van der Waals surface area contributed by atoms with E-state index in [1.165, 1.54) is 6.42 Å².